The molecule has 2 aliphatic rings. The summed E-state index contributed by atoms with van der Waals surface area (Å²) in [4.78, 5) is 2.72. The molecule has 2 nitrogen and oxygen atoms in total. The van der Waals surface area contributed by atoms with Crippen molar-refractivity contribution in [3.8, 4) is 0 Å². The third kappa shape index (κ3) is 3.48. The van der Waals surface area contributed by atoms with Crippen molar-refractivity contribution in [2.24, 2.45) is 23.0 Å². The summed E-state index contributed by atoms with van der Waals surface area (Å²) < 4.78 is 0. The molecule has 18 heavy (non-hydrogen) atoms. The monoisotopic (exact) mass is 252 g/mol. The maximum absolute atomic E-state index is 6.14. The van der Waals surface area contributed by atoms with Gasteiger partial charge in [0, 0.05) is 13.1 Å². The van der Waals surface area contributed by atoms with Gasteiger partial charge in [-0.25, -0.2) is 0 Å². The van der Waals surface area contributed by atoms with Crippen LogP contribution in [-0.2, 0) is 0 Å². The van der Waals surface area contributed by atoms with Crippen molar-refractivity contribution in [1.29, 1.82) is 0 Å². The van der Waals surface area contributed by atoms with Gasteiger partial charge in [0.15, 0.2) is 0 Å². The van der Waals surface area contributed by atoms with Gasteiger partial charge in [-0.1, -0.05) is 33.1 Å². The smallest absolute Gasteiger partial charge is 0.00502 e. The van der Waals surface area contributed by atoms with Gasteiger partial charge in [-0.2, -0.15) is 0 Å². The predicted molar refractivity (Wildman–Crippen MR) is 78.6 cm³/mol. The second-order valence-electron chi connectivity index (χ2n) is 7.04. The lowest BCUT2D eigenvalue weighted by Crippen LogP contribution is -2.47. The Morgan fingerprint density at radius 3 is 2.56 bits per heavy atom. The highest BCUT2D eigenvalue weighted by atomic mass is 15.1. The topological polar surface area (TPSA) is 29.3 Å². The van der Waals surface area contributed by atoms with Crippen LogP contribution >= 0.6 is 0 Å². The Kier molecular flexibility index (Phi) is 5.08. The average Bonchev–Trinajstić information content (AvgIpc) is 2.42. The highest BCUT2D eigenvalue weighted by molar-refractivity contribution is 4.89. The first kappa shape index (κ1) is 14.3. The summed E-state index contributed by atoms with van der Waals surface area (Å²) in [5, 5.41) is 0. The van der Waals surface area contributed by atoms with Crippen LogP contribution in [0.1, 0.15) is 58.8 Å². The van der Waals surface area contributed by atoms with Gasteiger partial charge in [-0.3, -0.25) is 0 Å². The molecule has 1 aliphatic carbocycles. The van der Waals surface area contributed by atoms with Gasteiger partial charge in [0.1, 0.15) is 0 Å². The third-order valence-corrected chi connectivity index (χ3v) is 5.51. The Balaban J connectivity index is 1.89. The SMILES string of the molecule is CCC1CCCN(CC2(CN)CCC(C)CC2)C1. The quantitative estimate of drug-likeness (QED) is 0.832. The van der Waals surface area contributed by atoms with Crippen LogP contribution in [-0.4, -0.2) is 31.1 Å². The molecule has 0 bridgehead atoms. The van der Waals surface area contributed by atoms with E-state index in [-0.39, 0.29) is 0 Å². The fourth-order valence-electron chi connectivity index (χ4n) is 3.90. The van der Waals surface area contributed by atoms with E-state index in [1.54, 1.807) is 0 Å². The zero-order valence-electron chi connectivity index (χ0n) is 12.5. The summed E-state index contributed by atoms with van der Waals surface area (Å²) in [7, 11) is 0. The van der Waals surface area contributed by atoms with Crippen LogP contribution in [0.3, 0.4) is 0 Å². The molecule has 2 N–H and O–H groups in total. The lowest BCUT2D eigenvalue weighted by atomic mass is 9.70. The van der Waals surface area contributed by atoms with E-state index >= 15 is 0 Å². The van der Waals surface area contributed by atoms with Gasteiger partial charge in [0.25, 0.3) is 0 Å². The normalized spacial score (nSPS) is 38.8. The Labute approximate surface area is 113 Å². The van der Waals surface area contributed by atoms with Gasteiger partial charge in [0.05, 0.1) is 0 Å². The zero-order chi connectivity index (χ0) is 13.0. The van der Waals surface area contributed by atoms with Crippen molar-refractivity contribution in [3.63, 3.8) is 0 Å². The van der Waals surface area contributed by atoms with Crippen molar-refractivity contribution < 1.29 is 0 Å². The lowest BCUT2D eigenvalue weighted by molar-refractivity contribution is 0.0674. The Morgan fingerprint density at radius 1 is 1.22 bits per heavy atom. The summed E-state index contributed by atoms with van der Waals surface area (Å²) >= 11 is 0. The van der Waals surface area contributed by atoms with Gasteiger partial charge in [0.2, 0.25) is 0 Å². The molecule has 1 atom stereocenters. The predicted octanol–water partition coefficient (Wildman–Crippen LogP) is 3.26. The molecule has 0 spiro atoms. The van der Waals surface area contributed by atoms with E-state index in [0.717, 1.165) is 18.4 Å². The molecule has 2 fully saturated rings. The van der Waals surface area contributed by atoms with Gasteiger partial charge >= 0.3 is 0 Å². The molecule has 2 rings (SSSR count). The van der Waals surface area contributed by atoms with Crippen LogP contribution in [0, 0.1) is 17.3 Å². The van der Waals surface area contributed by atoms with E-state index in [4.69, 9.17) is 5.73 Å². The van der Waals surface area contributed by atoms with E-state index in [0.29, 0.717) is 5.41 Å². The molecule has 0 aromatic carbocycles. The molecule has 106 valence electrons. The fraction of sp³-hybridized carbons (Fsp3) is 1.00. The summed E-state index contributed by atoms with van der Waals surface area (Å²) in [6.45, 7) is 9.55. The number of nitrogens with zero attached hydrogens (tertiary/aromatic N) is 1. The molecule has 1 saturated heterocycles. The number of rotatable bonds is 4. The van der Waals surface area contributed by atoms with E-state index in [2.05, 4.69) is 18.7 Å². The maximum atomic E-state index is 6.14. The Morgan fingerprint density at radius 2 is 1.94 bits per heavy atom. The standard InChI is InChI=1S/C16H32N2/c1-3-15-5-4-10-18(11-15)13-16(12-17)8-6-14(2)7-9-16/h14-15H,3-13,17H2,1-2H3. The van der Waals surface area contributed by atoms with Crippen molar-refractivity contribution >= 4 is 0 Å². The Bertz CT molecular complexity index is 243. The molecule has 1 heterocycles. The van der Waals surface area contributed by atoms with Crippen molar-refractivity contribution in [3.05, 3.63) is 0 Å². The summed E-state index contributed by atoms with van der Waals surface area (Å²) in [5.74, 6) is 1.87. The molecular weight excluding hydrogens is 220 g/mol. The van der Waals surface area contributed by atoms with Crippen LogP contribution in [0.4, 0.5) is 0 Å². The van der Waals surface area contributed by atoms with Crippen LogP contribution in [0.5, 0.6) is 0 Å². The Hall–Kier alpha value is -0.0800. The fourth-order valence-corrected chi connectivity index (χ4v) is 3.90. The highest BCUT2D eigenvalue weighted by Crippen LogP contribution is 2.39. The van der Waals surface area contributed by atoms with Crippen molar-refractivity contribution in [1.82, 2.24) is 4.90 Å². The zero-order valence-corrected chi connectivity index (χ0v) is 12.5. The van der Waals surface area contributed by atoms with E-state index in [1.165, 1.54) is 64.6 Å². The first-order valence-corrected chi connectivity index (χ1v) is 8.10. The number of hydrogen-bond donors (Lipinski definition) is 1. The van der Waals surface area contributed by atoms with Gasteiger partial charge in [-0.15, -0.1) is 0 Å². The van der Waals surface area contributed by atoms with Crippen molar-refractivity contribution in [2.45, 2.75) is 58.8 Å². The molecular formula is C16H32N2. The minimum Gasteiger partial charge on any atom is -0.330 e. The second-order valence-corrected chi connectivity index (χ2v) is 7.04. The minimum atomic E-state index is 0.447. The summed E-state index contributed by atoms with van der Waals surface area (Å²) in [5.41, 5.74) is 6.59. The number of likely N-dealkylation sites (tertiary alicyclic amines) is 1. The van der Waals surface area contributed by atoms with Gasteiger partial charge in [-0.05, 0) is 56.0 Å². The number of hydrogen-bond acceptors (Lipinski definition) is 2. The molecule has 0 amide bonds. The minimum absolute atomic E-state index is 0.447. The van der Waals surface area contributed by atoms with Crippen LogP contribution in [0.2, 0.25) is 0 Å². The molecule has 1 saturated carbocycles. The maximum Gasteiger partial charge on any atom is 0.00502 e. The summed E-state index contributed by atoms with van der Waals surface area (Å²) in [6.07, 6.45) is 9.69. The number of nitrogens with two attached hydrogens (primary N) is 1. The molecule has 1 aliphatic heterocycles. The van der Waals surface area contributed by atoms with Crippen LogP contribution in [0.15, 0.2) is 0 Å². The number of piperidine rings is 1. The lowest BCUT2D eigenvalue weighted by Gasteiger charge is -2.44. The van der Waals surface area contributed by atoms with E-state index in [9.17, 15) is 0 Å². The highest BCUT2D eigenvalue weighted by Gasteiger charge is 2.35. The molecule has 0 aromatic heterocycles. The molecule has 2 heteroatoms. The van der Waals surface area contributed by atoms with E-state index in [1.807, 2.05) is 0 Å². The van der Waals surface area contributed by atoms with Crippen LogP contribution in [0.25, 0.3) is 0 Å². The van der Waals surface area contributed by atoms with Gasteiger partial charge < -0.3 is 10.6 Å². The van der Waals surface area contributed by atoms with E-state index < -0.39 is 0 Å². The van der Waals surface area contributed by atoms with Crippen LogP contribution < -0.4 is 5.73 Å². The van der Waals surface area contributed by atoms with Crippen molar-refractivity contribution in [2.75, 3.05) is 26.2 Å². The molecule has 0 radical (unpaired) electrons. The first-order chi connectivity index (χ1) is 8.67. The third-order valence-electron chi connectivity index (χ3n) is 5.51. The summed E-state index contributed by atoms with van der Waals surface area (Å²) in [6, 6.07) is 0. The molecule has 0 aromatic rings. The largest absolute Gasteiger partial charge is 0.330 e. The average molecular weight is 252 g/mol. The molecule has 1 unspecified atom stereocenters. The second kappa shape index (κ2) is 6.38. The first-order valence-electron chi connectivity index (χ1n) is 8.10.